The first-order valence-corrected chi connectivity index (χ1v) is 7.71. The second kappa shape index (κ2) is 8.45. The van der Waals surface area contributed by atoms with Crippen LogP contribution in [0.3, 0.4) is 0 Å². The van der Waals surface area contributed by atoms with Gasteiger partial charge in [0.05, 0.1) is 0 Å². The highest BCUT2D eigenvalue weighted by Crippen LogP contribution is 2.17. The minimum Gasteiger partial charge on any atom is -0.351 e. The molecule has 0 unspecified atom stereocenters. The fourth-order valence-corrected chi connectivity index (χ4v) is 2.01. The lowest BCUT2D eigenvalue weighted by Gasteiger charge is -2.09. The molecule has 0 bridgehead atoms. The van der Waals surface area contributed by atoms with Gasteiger partial charge in [-0.05, 0) is 63.5 Å². The number of aromatic nitrogens is 2. The van der Waals surface area contributed by atoms with E-state index in [1.807, 2.05) is 26.2 Å². The highest BCUT2D eigenvalue weighted by molar-refractivity contribution is 6.30. The van der Waals surface area contributed by atoms with Crippen LogP contribution in [0.25, 0.3) is 0 Å². The van der Waals surface area contributed by atoms with E-state index in [0.717, 1.165) is 18.7 Å². The average Bonchev–Trinajstić information content (AvgIpc) is 2.54. The fourth-order valence-electron chi connectivity index (χ4n) is 1.89. The van der Waals surface area contributed by atoms with Gasteiger partial charge in [-0.3, -0.25) is 4.79 Å². The van der Waals surface area contributed by atoms with E-state index in [1.165, 1.54) is 0 Å². The van der Waals surface area contributed by atoms with Crippen molar-refractivity contribution in [2.45, 2.75) is 6.42 Å². The van der Waals surface area contributed by atoms with Crippen LogP contribution in [0.1, 0.15) is 16.9 Å². The molecular weight excluding hydrogens is 314 g/mol. The van der Waals surface area contributed by atoms with Crippen LogP contribution in [0.4, 0.5) is 11.5 Å². The Morgan fingerprint density at radius 3 is 2.48 bits per heavy atom. The number of halogens is 1. The van der Waals surface area contributed by atoms with Crippen LogP contribution >= 0.6 is 11.6 Å². The molecule has 122 valence electrons. The predicted octanol–water partition coefficient (Wildman–Crippen LogP) is 2.56. The van der Waals surface area contributed by atoms with Crippen LogP contribution < -0.4 is 10.6 Å². The summed E-state index contributed by atoms with van der Waals surface area (Å²) in [6.45, 7) is 1.54. The van der Waals surface area contributed by atoms with Crippen LogP contribution in [-0.2, 0) is 0 Å². The van der Waals surface area contributed by atoms with Gasteiger partial charge < -0.3 is 15.5 Å². The Kier molecular flexibility index (Phi) is 6.31. The summed E-state index contributed by atoms with van der Waals surface area (Å²) in [5, 5.41) is 14.5. The fraction of sp³-hybridized carbons (Fsp3) is 0.312. The van der Waals surface area contributed by atoms with E-state index < -0.39 is 0 Å². The smallest absolute Gasteiger partial charge is 0.271 e. The number of carbonyl (C=O) groups is 1. The first-order chi connectivity index (χ1) is 11.0. The Hall–Kier alpha value is -2.18. The minimum atomic E-state index is -0.214. The van der Waals surface area contributed by atoms with Gasteiger partial charge in [-0.15, -0.1) is 10.2 Å². The van der Waals surface area contributed by atoms with E-state index in [4.69, 9.17) is 11.6 Å². The normalized spacial score (nSPS) is 10.6. The maximum atomic E-state index is 11.9. The monoisotopic (exact) mass is 333 g/mol. The van der Waals surface area contributed by atoms with Gasteiger partial charge in [0, 0.05) is 17.3 Å². The lowest BCUT2D eigenvalue weighted by Crippen LogP contribution is -2.28. The third kappa shape index (κ3) is 5.84. The van der Waals surface area contributed by atoms with Crippen molar-refractivity contribution in [3.8, 4) is 0 Å². The number of nitrogens with one attached hydrogen (secondary N) is 2. The molecule has 0 saturated heterocycles. The van der Waals surface area contributed by atoms with Gasteiger partial charge in [-0.2, -0.15) is 0 Å². The van der Waals surface area contributed by atoms with E-state index in [0.29, 0.717) is 23.1 Å². The Morgan fingerprint density at radius 1 is 1.13 bits per heavy atom. The standard InChI is InChI=1S/C16H20ClN5O/c1-22(2)11-3-10-18-16(23)14-8-9-15(21-20-14)19-13-6-4-12(17)5-7-13/h4-9H,3,10-11H2,1-2H3,(H,18,23)(H,19,21). The number of amides is 1. The number of carbonyl (C=O) groups excluding carboxylic acids is 1. The molecule has 0 fully saturated rings. The zero-order valence-electron chi connectivity index (χ0n) is 13.2. The predicted molar refractivity (Wildman–Crippen MR) is 92.3 cm³/mol. The van der Waals surface area contributed by atoms with Gasteiger partial charge in [0.2, 0.25) is 0 Å². The molecule has 6 nitrogen and oxygen atoms in total. The summed E-state index contributed by atoms with van der Waals surface area (Å²) in [5.74, 6) is 0.353. The first-order valence-electron chi connectivity index (χ1n) is 7.34. The van der Waals surface area contributed by atoms with Gasteiger partial charge in [0.25, 0.3) is 5.91 Å². The van der Waals surface area contributed by atoms with Crippen LogP contribution in [0.2, 0.25) is 5.02 Å². The molecule has 0 aliphatic rings. The number of nitrogens with zero attached hydrogens (tertiary/aromatic N) is 3. The molecule has 0 spiro atoms. The van der Waals surface area contributed by atoms with Gasteiger partial charge in [-0.1, -0.05) is 11.6 Å². The summed E-state index contributed by atoms with van der Waals surface area (Å²) in [4.78, 5) is 14.0. The van der Waals surface area contributed by atoms with Crippen molar-refractivity contribution in [1.29, 1.82) is 0 Å². The van der Waals surface area contributed by atoms with Crippen molar-refractivity contribution in [1.82, 2.24) is 20.4 Å². The second-order valence-electron chi connectivity index (χ2n) is 5.35. The molecule has 23 heavy (non-hydrogen) atoms. The highest BCUT2D eigenvalue weighted by Gasteiger charge is 2.07. The maximum absolute atomic E-state index is 11.9. The summed E-state index contributed by atoms with van der Waals surface area (Å²) < 4.78 is 0. The van der Waals surface area contributed by atoms with Crippen molar-refractivity contribution in [2.24, 2.45) is 0 Å². The molecule has 0 radical (unpaired) electrons. The van der Waals surface area contributed by atoms with Crippen LogP contribution in [0.15, 0.2) is 36.4 Å². The van der Waals surface area contributed by atoms with E-state index in [9.17, 15) is 4.79 Å². The van der Waals surface area contributed by atoms with Crippen LogP contribution in [0, 0.1) is 0 Å². The summed E-state index contributed by atoms with van der Waals surface area (Å²) in [6.07, 6.45) is 0.891. The molecule has 1 amide bonds. The zero-order chi connectivity index (χ0) is 16.7. The number of rotatable bonds is 7. The molecule has 2 rings (SSSR count). The molecule has 0 atom stereocenters. The van der Waals surface area contributed by atoms with Crippen LogP contribution in [-0.4, -0.2) is 48.2 Å². The minimum absolute atomic E-state index is 0.214. The Bertz CT molecular complexity index is 628. The SMILES string of the molecule is CN(C)CCCNC(=O)c1ccc(Nc2ccc(Cl)cc2)nn1. The molecule has 1 aromatic carbocycles. The third-order valence-electron chi connectivity index (χ3n) is 3.08. The number of anilines is 2. The zero-order valence-corrected chi connectivity index (χ0v) is 14.0. The van der Waals surface area contributed by atoms with E-state index >= 15 is 0 Å². The Morgan fingerprint density at radius 2 is 1.87 bits per heavy atom. The quantitative estimate of drug-likeness (QED) is 0.762. The first kappa shape index (κ1) is 17.2. The molecule has 0 saturated carbocycles. The second-order valence-corrected chi connectivity index (χ2v) is 5.78. The van der Waals surface area contributed by atoms with Crippen molar-refractivity contribution in [3.63, 3.8) is 0 Å². The van der Waals surface area contributed by atoms with Crippen molar-refractivity contribution in [3.05, 3.63) is 47.1 Å². The number of benzene rings is 1. The third-order valence-corrected chi connectivity index (χ3v) is 3.33. The maximum Gasteiger partial charge on any atom is 0.271 e. The van der Waals surface area contributed by atoms with E-state index in [1.54, 1.807) is 24.3 Å². The van der Waals surface area contributed by atoms with Crippen molar-refractivity contribution < 1.29 is 4.79 Å². The molecule has 1 aromatic heterocycles. The van der Waals surface area contributed by atoms with Crippen molar-refractivity contribution in [2.75, 3.05) is 32.5 Å². The largest absolute Gasteiger partial charge is 0.351 e. The van der Waals surface area contributed by atoms with Gasteiger partial charge in [0.15, 0.2) is 11.5 Å². The van der Waals surface area contributed by atoms with Gasteiger partial charge in [-0.25, -0.2) is 0 Å². The molecule has 0 aliphatic heterocycles. The molecular formula is C16H20ClN5O. The topological polar surface area (TPSA) is 70.2 Å². The molecule has 2 aromatic rings. The summed E-state index contributed by atoms with van der Waals surface area (Å²) in [7, 11) is 4.00. The highest BCUT2D eigenvalue weighted by atomic mass is 35.5. The summed E-state index contributed by atoms with van der Waals surface area (Å²) in [5.41, 5.74) is 1.15. The Labute approximate surface area is 140 Å². The molecule has 7 heteroatoms. The molecule has 1 heterocycles. The summed E-state index contributed by atoms with van der Waals surface area (Å²) >= 11 is 5.84. The van der Waals surface area contributed by atoms with Gasteiger partial charge in [0.1, 0.15) is 0 Å². The van der Waals surface area contributed by atoms with Gasteiger partial charge >= 0.3 is 0 Å². The average molecular weight is 334 g/mol. The molecule has 2 N–H and O–H groups in total. The number of hydrogen-bond donors (Lipinski definition) is 2. The number of hydrogen-bond acceptors (Lipinski definition) is 5. The van der Waals surface area contributed by atoms with E-state index in [-0.39, 0.29) is 5.91 Å². The lowest BCUT2D eigenvalue weighted by atomic mass is 10.3. The molecule has 0 aliphatic carbocycles. The Balaban J connectivity index is 1.86. The van der Waals surface area contributed by atoms with Crippen molar-refractivity contribution >= 4 is 29.0 Å². The lowest BCUT2D eigenvalue weighted by molar-refractivity contribution is 0.0946. The van der Waals surface area contributed by atoms with E-state index in [2.05, 4.69) is 25.7 Å². The summed E-state index contributed by atoms with van der Waals surface area (Å²) in [6, 6.07) is 10.6. The van der Waals surface area contributed by atoms with Crippen LogP contribution in [0.5, 0.6) is 0 Å².